The first-order valence-electron chi connectivity index (χ1n) is 12.9. The number of likely N-dealkylation sites (tertiary alicyclic amines) is 1. The number of nitrogens with one attached hydrogen (secondary N) is 1. The van der Waals surface area contributed by atoms with Crippen molar-refractivity contribution in [1.29, 1.82) is 0 Å². The minimum Gasteiger partial charge on any atom is -0.383 e. The quantitative estimate of drug-likeness (QED) is 0.401. The summed E-state index contributed by atoms with van der Waals surface area (Å²) < 4.78 is 27.3. The Morgan fingerprint density at radius 2 is 1.76 bits per heavy atom. The molecule has 0 radical (unpaired) electrons. The molecular weight excluding hydrogens is 486 g/mol. The van der Waals surface area contributed by atoms with Crippen LogP contribution in [0.1, 0.15) is 58.1 Å². The SMILES string of the molecule is C.CC1CCCC(C)N1CC(=O)N[C@@H](Cc1ccc(F)c(F)c1)C(=O)CCc1ccc2c(N)nccc2c1. The predicted octanol–water partition coefficient (Wildman–Crippen LogP) is 5.22. The highest BCUT2D eigenvalue weighted by atomic mass is 19.2. The number of rotatable bonds is 9. The molecule has 1 aliphatic rings. The minimum atomic E-state index is -0.976. The summed E-state index contributed by atoms with van der Waals surface area (Å²) in [5.41, 5.74) is 7.34. The van der Waals surface area contributed by atoms with Crippen molar-refractivity contribution in [3.8, 4) is 0 Å². The zero-order chi connectivity index (χ0) is 26.5. The number of benzene rings is 2. The normalized spacial score (nSPS) is 18.5. The maximum Gasteiger partial charge on any atom is 0.234 e. The van der Waals surface area contributed by atoms with Gasteiger partial charge in [-0.3, -0.25) is 14.5 Å². The number of ketones is 1. The van der Waals surface area contributed by atoms with Gasteiger partial charge in [0.05, 0.1) is 12.6 Å². The van der Waals surface area contributed by atoms with E-state index in [-0.39, 0.29) is 50.6 Å². The number of amides is 1. The van der Waals surface area contributed by atoms with Crippen molar-refractivity contribution < 1.29 is 18.4 Å². The van der Waals surface area contributed by atoms with Crippen LogP contribution in [0.15, 0.2) is 48.7 Å². The molecule has 1 fully saturated rings. The Hall–Kier alpha value is -3.39. The second-order valence-corrected chi connectivity index (χ2v) is 10.1. The Bertz CT molecular complexity index is 1270. The van der Waals surface area contributed by atoms with E-state index in [2.05, 4.69) is 29.0 Å². The van der Waals surface area contributed by atoms with Crippen molar-refractivity contribution in [2.45, 2.75) is 77.9 Å². The van der Waals surface area contributed by atoms with Crippen molar-refractivity contribution in [2.75, 3.05) is 12.3 Å². The Kier molecular flexibility index (Phi) is 9.91. The van der Waals surface area contributed by atoms with Crippen molar-refractivity contribution >= 4 is 28.3 Å². The minimum absolute atomic E-state index is 0. The van der Waals surface area contributed by atoms with E-state index in [1.165, 1.54) is 6.07 Å². The molecule has 3 N–H and O–H groups in total. The van der Waals surface area contributed by atoms with E-state index in [1.54, 1.807) is 6.20 Å². The Labute approximate surface area is 223 Å². The summed E-state index contributed by atoms with van der Waals surface area (Å²) in [5.74, 6) is -1.87. The average molecular weight is 525 g/mol. The van der Waals surface area contributed by atoms with Gasteiger partial charge in [0, 0.05) is 30.1 Å². The monoisotopic (exact) mass is 524 g/mol. The van der Waals surface area contributed by atoms with Gasteiger partial charge < -0.3 is 11.1 Å². The molecule has 8 heteroatoms. The second kappa shape index (κ2) is 12.9. The molecule has 1 aromatic heterocycles. The maximum atomic E-state index is 13.8. The molecule has 0 spiro atoms. The number of aryl methyl sites for hydroxylation is 1. The van der Waals surface area contributed by atoms with Gasteiger partial charge in [0.2, 0.25) is 5.91 Å². The number of fused-ring (bicyclic) bond motifs is 1. The van der Waals surface area contributed by atoms with Crippen molar-refractivity contribution in [3.63, 3.8) is 0 Å². The van der Waals surface area contributed by atoms with Crippen molar-refractivity contribution in [1.82, 2.24) is 15.2 Å². The third kappa shape index (κ3) is 7.13. The fourth-order valence-corrected chi connectivity index (χ4v) is 5.19. The van der Waals surface area contributed by atoms with Gasteiger partial charge in [0.15, 0.2) is 17.4 Å². The number of halogens is 2. The van der Waals surface area contributed by atoms with Crippen LogP contribution in [0.2, 0.25) is 0 Å². The molecule has 1 amide bonds. The number of anilines is 1. The summed E-state index contributed by atoms with van der Waals surface area (Å²) in [7, 11) is 0. The number of hydrogen-bond acceptors (Lipinski definition) is 5. The third-order valence-corrected chi connectivity index (χ3v) is 7.37. The number of nitrogen functional groups attached to an aromatic ring is 1. The summed E-state index contributed by atoms with van der Waals surface area (Å²) in [4.78, 5) is 32.6. The maximum absolute atomic E-state index is 13.8. The molecule has 2 heterocycles. The summed E-state index contributed by atoms with van der Waals surface area (Å²) >= 11 is 0. The fourth-order valence-electron chi connectivity index (χ4n) is 5.19. The molecule has 1 saturated heterocycles. The molecule has 3 atom stereocenters. The summed E-state index contributed by atoms with van der Waals surface area (Å²) in [6.45, 7) is 4.42. The highest BCUT2D eigenvalue weighted by molar-refractivity contribution is 5.92. The lowest BCUT2D eigenvalue weighted by Gasteiger charge is -2.38. The standard InChI is InChI=1S/C29H34F2N4O2.CH4/c1-18-4-3-5-19(2)35(18)17-28(37)34-26(16-21-7-10-24(30)25(31)15-21)27(36)11-8-20-6-9-23-22(14-20)12-13-33-29(23)32;/h6-7,9-10,12-15,18-19,26H,3-5,8,11,16-17H2,1-2H3,(H2,32,33)(H,34,37);1H4/t18?,19?,26-;/m0./s1. The van der Waals surface area contributed by atoms with Crippen LogP contribution in [0.4, 0.5) is 14.6 Å². The van der Waals surface area contributed by atoms with Gasteiger partial charge in [-0.2, -0.15) is 0 Å². The Morgan fingerprint density at radius 1 is 1.05 bits per heavy atom. The molecule has 204 valence electrons. The lowest BCUT2D eigenvalue weighted by atomic mass is 9.96. The Balaban J connectivity index is 0.00000400. The fraction of sp³-hybridized carbons (Fsp3) is 0.433. The first-order chi connectivity index (χ1) is 17.7. The second-order valence-electron chi connectivity index (χ2n) is 10.1. The Morgan fingerprint density at radius 3 is 2.47 bits per heavy atom. The molecule has 0 saturated carbocycles. The molecule has 38 heavy (non-hydrogen) atoms. The highest BCUT2D eigenvalue weighted by Crippen LogP contribution is 2.23. The van der Waals surface area contributed by atoms with Crippen LogP contribution < -0.4 is 11.1 Å². The number of nitrogens with zero attached hydrogens (tertiary/aromatic N) is 2. The van der Waals surface area contributed by atoms with Crippen LogP contribution in [0.3, 0.4) is 0 Å². The number of piperidine rings is 1. The van der Waals surface area contributed by atoms with E-state index in [0.717, 1.165) is 47.7 Å². The first-order valence-corrected chi connectivity index (χ1v) is 12.9. The molecule has 4 rings (SSSR count). The van der Waals surface area contributed by atoms with E-state index >= 15 is 0 Å². The van der Waals surface area contributed by atoms with Crippen LogP contribution in [0, 0.1) is 11.6 Å². The zero-order valence-electron chi connectivity index (χ0n) is 21.3. The van der Waals surface area contributed by atoms with Gasteiger partial charge in [0.25, 0.3) is 0 Å². The van der Waals surface area contributed by atoms with E-state index in [1.807, 2.05) is 24.3 Å². The summed E-state index contributed by atoms with van der Waals surface area (Å²) in [5, 5.41) is 4.68. The van der Waals surface area contributed by atoms with Crippen molar-refractivity contribution in [2.24, 2.45) is 0 Å². The third-order valence-electron chi connectivity index (χ3n) is 7.37. The van der Waals surface area contributed by atoms with Crippen LogP contribution >= 0.6 is 0 Å². The molecule has 0 aliphatic carbocycles. The van der Waals surface area contributed by atoms with Gasteiger partial charge in [-0.25, -0.2) is 13.8 Å². The molecule has 1 aliphatic heterocycles. The lowest BCUT2D eigenvalue weighted by molar-refractivity contribution is -0.129. The van der Waals surface area contributed by atoms with Crippen LogP contribution in [-0.4, -0.2) is 46.2 Å². The largest absolute Gasteiger partial charge is 0.383 e. The van der Waals surface area contributed by atoms with E-state index in [9.17, 15) is 18.4 Å². The van der Waals surface area contributed by atoms with Gasteiger partial charge in [-0.05, 0) is 74.2 Å². The van der Waals surface area contributed by atoms with E-state index < -0.39 is 17.7 Å². The van der Waals surface area contributed by atoms with Gasteiger partial charge >= 0.3 is 0 Å². The van der Waals surface area contributed by atoms with Crippen molar-refractivity contribution in [3.05, 3.63) is 71.4 Å². The van der Waals surface area contributed by atoms with Gasteiger partial charge in [-0.15, -0.1) is 0 Å². The molecular formula is C30H38F2N4O2. The van der Waals surface area contributed by atoms with Crippen LogP contribution in [0.5, 0.6) is 0 Å². The highest BCUT2D eigenvalue weighted by Gasteiger charge is 2.28. The number of nitrogens with two attached hydrogens (primary N) is 1. The molecule has 6 nitrogen and oxygen atoms in total. The van der Waals surface area contributed by atoms with Gasteiger partial charge in [0.1, 0.15) is 5.82 Å². The topological polar surface area (TPSA) is 88.3 Å². The summed E-state index contributed by atoms with van der Waals surface area (Å²) in [6.07, 6.45) is 5.59. The molecule has 3 aromatic rings. The number of carbonyl (C=O) groups is 2. The zero-order valence-corrected chi connectivity index (χ0v) is 21.3. The first kappa shape index (κ1) is 29.2. The molecule has 2 unspecified atom stereocenters. The van der Waals surface area contributed by atoms with E-state index in [4.69, 9.17) is 5.73 Å². The predicted molar refractivity (Wildman–Crippen MR) is 148 cm³/mol. The van der Waals surface area contributed by atoms with Gasteiger partial charge in [-0.1, -0.05) is 38.1 Å². The number of hydrogen-bond donors (Lipinski definition) is 2. The molecule has 2 aromatic carbocycles. The number of carbonyl (C=O) groups excluding carboxylic acids is 2. The van der Waals surface area contributed by atoms with Crippen LogP contribution in [-0.2, 0) is 22.4 Å². The average Bonchev–Trinajstić information content (AvgIpc) is 2.87. The lowest BCUT2D eigenvalue weighted by Crippen LogP contribution is -2.51. The number of aromatic nitrogens is 1. The van der Waals surface area contributed by atoms with E-state index in [0.29, 0.717) is 17.8 Å². The smallest absolute Gasteiger partial charge is 0.234 e. The summed E-state index contributed by atoms with van der Waals surface area (Å²) in [6, 6.07) is 10.9. The number of Topliss-reactive ketones (excluding diaryl/α,β-unsaturated/α-hetero) is 1. The number of pyridine rings is 1. The molecule has 0 bridgehead atoms. The van der Waals surface area contributed by atoms with Crippen LogP contribution in [0.25, 0.3) is 10.8 Å².